The summed E-state index contributed by atoms with van der Waals surface area (Å²) in [6.07, 6.45) is 3.41. The van der Waals surface area contributed by atoms with Gasteiger partial charge in [0.2, 0.25) is 0 Å². The zero-order valence-corrected chi connectivity index (χ0v) is 9.05. The summed E-state index contributed by atoms with van der Waals surface area (Å²) < 4.78 is 0. The SMILES string of the molecule is O=C(c1ccccc1)c1c[nH]c2cccnc12. The van der Waals surface area contributed by atoms with E-state index in [2.05, 4.69) is 9.97 Å². The number of carbonyl (C=O) groups excluding carboxylic acids is 1. The molecule has 17 heavy (non-hydrogen) atoms. The molecule has 0 amide bonds. The van der Waals surface area contributed by atoms with E-state index in [1.165, 1.54) is 0 Å². The summed E-state index contributed by atoms with van der Waals surface area (Å²) in [5.74, 6) is -0.00412. The monoisotopic (exact) mass is 222 g/mol. The van der Waals surface area contributed by atoms with Gasteiger partial charge in [-0.15, -0.1) is 0 Å². The number of H-pyrrole nitrogens is 1. The first-order chi connectivity index (χ1) is 8.36. The van der Waals surface area contributed by atoms with Crippen LogP contribution >= 0.6 is 0 Å². The summed E-state index contributed by atoms with van der Waals surface area (Å²) in [6.45, 7) is 0. The minimum Gasteiger partial charge on any atom is -0.359 e. The van der Waals surface area contributed by atoms with Gasteiger partial charge in [0, 0.05) is 18.0 Å². The number of aromatic nitrogens is 2. The highest BCUT2D eigenvalue weighted by molar-refractivity contribution is 6.15. The predicted octanol–water partition coefficient (Wildman–Crippen LogP) is 2.79. The van der Waals surface area contributed by atoms with E-state index in [4.69, 9.17) is 0 Å². The van der Waals surface area contributed by atoms with E-state index >= 15 is 0 Å². The highest BCUT2D eigenvalue weighted by Gasteiger charge is 2.14. The van der Waals surface area contributed by atoms with Gasteiger partial charge in [0.1, 0.15) is 0 Å². The molecule has 2 aromatic heterocycles. The molecule has 0 radical (unpaired) electrons. The van der Waals surface area contributed by atoms with Crippen molar-refractivity contribution in [1.82, 2.24) is 9.97 Å². The van der Waals surface area contributed by atoms with Gasteiger partial charge >= 0.3 is 0 Å². The highest BCUT2D eigenvalue weighted by Crippen LogP contribution is 2.18. The fourth-order valence-electron chi connectivity index (χ4n) is 1.87. The molecule has 0 unspecified atom stereocenters. The number of nitrogens with one attached hydrogen (secondary N) is 1. The van der Waals surface area contributed by atoms with E-state index in [0.29, 0.717) is 11.1 Å². The van der Waals surface area contributed by atoms with Crippen molar-refractivity contribution in [3.63, 3.8) is 0 Å². The van der Waals surface area contributed by atoms with E-state index in [0.717, 1.165) is 11.0 Å². The summed E-state index contributed by atoms with van der Waals surface area (Å²) in [5.41, 5.74) is 2.90. The van der Waals surface area contributed by atoms with E-state index in [1.807, 2.05) is 42.5 Å². The third-order valence-electron chi connectivity index (χ3n) is 2.72. The van der Waals surface area contributed by atoms with Crippen molar-refractivity contribution in [3.8, 4) is 0 Å². The minimum atomic E-state index is -0.00412. The molecule has 0 aliphatic heterocycles. The van der Waals surface area contributed by atoms with Crippen LogP contribution in [-0.4, -0.2) is 15.8 Å². The first-order valence-corrected chi connectivity index (χ1v) is 5.38. The number of hydrogen-bond acceptors (Lipinski definition) is 2. The predicted molar refractivity (Wildman–Crippen MR) is 66.0 cm³/mol. The lowest BCUT2D eigenvalue weighted by Gasteiger charge is -1.98. The molecule has 2 heterocycles. The van der Waals surface area contributed by atoms with Crippen molar-refractivity contribution in [2.45, 2.75) is 0 Å². The molecule has 3 aromatic rings. The Morgan fingerprint density at radius 3 is 2.71 bits per heavy atom. The zero-order chi connectivity index (χ0) is 11.7. The number of pyridine rings is 1. The molecule has 1 N–H and O–H groups in total. The molecule has 82 valence electrons. The van der Waals surface area contributed by atoms with Crippen molar-refractivity contribution >= 4 is 16.8 Å². The fourth-order valence-corrected chi connectivity index (χ4v) is 1.87. The quantitative estimate of drug-likeness (QED) is 0.677. The van der Waals surface area contributed by atoms with Crippen LogP contribution < -0.4 is 0 Å². The van der Waals surface area contributed by atoms with Gasteiger partial charge in [-0.05, 0) is 12.1 Å². The lowest BCUT2D eigenvalue weighted by Crippen LogP contribution is -2.00. The topological polar surface area (TPSA) is 45.8 Å². The van der Waals surface area contributed by atoms with Gasteiger partial charge in [-0.2, -0.15) is 0 Å². The van der Waals surface area contributed by atoms with Crippen LogP contribution in [0.2, 0.25) is 0 Å². The normalized spacial score (nSPS) is 10.6. The van der Waals surface area contributed by atoms with E-state index in [-0.39, 0.29) is 5.78 Å². The molecule has 0 aliphatic carbocycles. The van der Waals surface area contributed by atoms with E-state index in [9.17, 15) is 4.79 Å². The third-order valence-corrected chi connectivity index (χ3v) is 2.72. The molecule has 3 rings (SSSR count). The molecule has 3 heteroatoms. The van der Waals surface area contributed by atoms with Crippen LogP contribution in [-0.2, 0) is 0 Å². The van der Waals surface area contributed by atoms with Crippen molar-refractivity contribution in [2.75, 3.05) is 0 Å². The molecule has 0 saturated carbocycles. The van der Waals surface area contributed by atoms with E-state index in [1.54, 1.807) is 12.4 Å². The standard InChI is InChI=1S/C14H10N2O/c17-14(10-5-2-1-3-6-10)11-9-16-12-7-4-8-15-13(11)12/h1-9,16H. The van der Waals surface area contributed by atoms with Crippen LogP contribution in [0.1, 0.15) is 15.9 Å². The Labute approximate surface area is 98.1 Å². The first kappa shape index (κ1) is 9.78. The molecule has 0 saturated heterocycles. The Hall–Kier alpha value is -2.42. The van der Waals surface area contributed by atoms with Crippen LogP contribution in [0.15, 0.2) is 54.9 Å². The molecule has 0 spiro atoms. The maximum absolute atomic E-state index is 12.3. The Bertz CT molecular complexity index is 671. The number of aromatic amines is 1. The van der Waals surface area contributed by atoms with Gasteiger partial charge in [0.05, 0.1) is 16.6 Å². The van der Waals surface area contributed by atoms with Gasteiger partial charge in [-0.1, -0.05) is 30.3 Å². The molecule has 0 bridgehead atoms. The molecular formula is C14H10N2O. The molecule has 0 aliphatic rings. The second kappa shape index (κ2) is 3.87. The summed E-state index contributed by atoms with van der Waals surface area (Å²) in [7, 11) is 0. The molecule has 0 atom stereocenters. The molecule has 3 nitrogen and oxygen atoms in total. The van der Waals surface area contributed by atoms with Crippen LogP contribution in [0.3, 0.4) is 0 Å². The van der Waals surface area contributed by atoms with Crippen molar-refractivity contribution in [2.24, 2.45) is 0 Å². The average Bonchev–Trinajstić information content (AvgIpc) is 2.83. The van der Waals surface area contributed by atoms with Crippen molar-refractivity contribution in [1.29, 1.82) is 0 Å². The Balaban J connectivity index is 2.14. The number of fused-ring (bicyclic) bond motifs is 1. The lowest BCUT2D eigenvalue weighted by atomic mass is 10.1. The molecular weight excluding hydrogens is 212 g/mol. The molecule has 0 fully saturated rings. The Morgan fingerprint density at radius 2 is 1.88 bits per heavy atom. The van der Waals surface area contributed by atoms with Crippen molar-refractivity contribution in [3.05, 3.63) is 66.0 Å². The Morgan fingerprint density at radius 1 is 1.06 bits per heavy atom. The fraction of sp³-hybridized carbons (Fsp3) is 0. The minimum absolute atomic E-state index is 0.00412. The van der Waals surface area contributed by atoms with Crippen LogP contribution in [0.5, 0.6) is 0 Å². The van der Waals surface area contributed by atoms with Gasteiger partial charge in [-0.25, -0.2) is 0 Å². The lowest BCUT2D eigenvalue weighted by molar-refractivity contribution is 0.104. The summed E-state index contributed by atoms with van der Waals surface area (Å²) in [5, 5.41) is 0. The van der Waals surface area contributed by atoms with E-state index < -0.39 is 0 Å². The van der Waals surface area contributed by atoms with Gasteiger partial charge in [0.25, 0.3) is 0 Å². The molecule has 1 aromatic carbocycles. The maximum Gasteiger partial charge on any atom is 0.196 e. The van der Waals surface area contributed by atoms with Crippen LogP contribution in [0.4, 0.5) is 0 Å². The second-order valence-electron chi connectivity index (χ2n) is 3.80. The average molecular weight is 222 g/mol. The van der Waals surface area contributed by atoms with Crippen LogP contribution in [0.25, 0.3) is 11.0 Å². The first-order valence-electron chi connectivity index (χ1n) is 5.38. The number of ketones is 1. The maximum atomic E-state index is 12.3. The van der Waals surface area contributed by atoms with Crippen molar-refractivity contribution < 1.29 is 4.79 Å². The summed E-state index contributed by atoms with van der Waals surface area (Å²) >= 11 is 0. The highest BCUT2D eigenvalue weighted by atomic mass is 16.1. The largest absolute Gasteiger partial charge is 0.359 e. The zero-order valence-electron chi connectivity index (χ0n) is 9.05. The van der Waals surface area contributed by atoms with Gasteiger partial charge in [-0.3, -0.25) is 9.78 Å². The number of rotatable bonds is 2. The number of benzene rings is 1. The summed E-state index contributed by atoms with van der Waals surface area (Å²) in [4.78, 5) is 19.6. The van der Waals surface area contributed by atoms with Gasteiger partial charge < -0.3 is 4.98 Å². The van der Waals surface area contributed by atoms with Gasteiger partial charge in [0.15, 0.2) is 5.78 Å². The third kappa shape index (κ3) is 1.61. The van der Waals surface area contributed by atoms with Crippen LogP contribution in [0, 0.1) is 0 Å². The number of hydrogen-bond donors (Lipinski definition) is 1. The summed E-state index contributed by atoms with van der Waals surface area (Å²) in [6, 6.07) is 13.0. The Kier molecular flexibility index (Phi) is 2.22. The number of carbonyl (C=O) groups is 1. The number of nitrogens with zero attached hydrogens (tertiary/aromatic N) is 1. The smallest absolute Gasteiger partial charge is 0.196 e. The second-order valence-corrected chi connectivity index (χ2v) is 3.80.